The summed E-state index contributed by atoms with van der Waals surface area (Å²) in [6, 6.07) is 28.5. The fourth-order valence-corrected chi connectivity index (χ4v) is 7.58. The van der Waals surface area contributed by atoms with Gasteiger partial charge in [-0.2, -0.15) is 0 Å². The number of hydrogen-bond donors (Lipinski definition) is 2. The van der Waals surface area contributed by atoms with Gasteiger partial charge in [0.2, 0.25) is 5.91 Å². The molecule has 1 aliphatic heterocycles. The van der Waals surface area contributed by atoms with E-state index in [9.17, 15) is 4.79 Å². The third kappa shape index (κ3) is 8.17. The molecule has 6 heteroatoms. The number of anilines is 2. The van der Waals surface area contributed by atoms with Crippen molar-refractivity contribution in [2.45, 2.75) is 64.8 Å². The maximum absolute atomic E-state index is 11.5. The SMILES string of the molecule is CCCCCCSC(SCCCCCC(=O)NN)=C1c2ccccc2N(Cc2ccccc2)c2ccccc21. The van der Waals surface area contributed by atoms with E-state index >= 15 is 0 Å². The summed E-state index contributed by atoms with van der Waals surface area (Å²) < 4.78 is 1.42. The number of nitrogens with zero attached hydrogens (tertiary/aromatic N) is 1. The lowest BCUT2D eigenvalue weighted by molar-refractivity contribution is -0.121. The van der Waals surface area contributed by atoms with Crippen LogP contribution in [0.15, 0.2) is 83.1 Å². The first-order valence-electron chi connectivity index (χ1n) is 14.2. The third-order valence-corrected chi connectivity index (χ3v) is 9.61. The number of hydrogen-bond acceptors (Lipinski definition) is 5. The Morgan fingerprint density at radius 1 is 0.744 bits per heavy atom. The molecule has 1 heterocycles. The van der Waals surface area contributed by atoms with Crippen LogP contribution in [-0.4, -0.2) is 17.4 Å². The zero-order chi connectivity index (χ0) is 27.3. The lowest BCUT2D eigenvalue weighted by Gasteiger charge is -2.35. The van der Waals surface area contributed by atoms with Crippen LogP contribution in [-0.2, 0) is 11.3 Å². The van der Waals surface area contributed by atoms with Crippen LogP contribution >= 0.6 is 23.5 Å². The molecule has 3 N–H and O–H groups in total. The van der Waals surface area contributed by atoms with Gasteiger partial charge < -0.3 is 4.90 Å². The molecular weight excluding hydrogens is 519 g/mol. The number of fused-ring (bicyclic) bond motifs is 2. The van der Waals surface area contributed by atoms with Gasteiger partial charge in [0.25, 0.3) is 0 Å². The number of amides is 1. The van der Waals surface area contributed by atoms with E-state index < -0.39 is 0 Å². The summed E-state index contributed by atoms with van der Waals surface area (Å²) in [7, 11) is 0. The van der Waals surface area contributed by atoms with Crippen molar-refractivity contribution >= 4 is 46.4 Å². The summed E-state index contributed by atoms with van der Waals surface area (Å²) in [5.41, 5.74) is 10.1. The minimum Gasteiger partial charge on any atom is -0.336 e. The van der Waals surface area contributed by atoms with Crippen LogP contribution in [0, 0.1) is 0 Å². The molecule has 4 rings (SSSR count). The average Bonchev–Trinajstić information content (AvgIpc) is 2.98. The monoisotopic (exact) mass is 559 g/mol. The number of unbranched alkanes of at least 4 members (excludes halogenated alkanes) is 5. The van der Waals surface area contributed by atoms with Crippen molar-refractivity contribution in [3.63, 3.8) is 0 Å². The summed E-state index contributed by atoms with van der Waals surface area (Å²) in [6.45, 7) is 3.11. The standard InChI is InChI=1S/C33H41N3OS2/c1-2-3-4-14-23-38-33(39-24-15-6-9-22-31(37)35-34)32-27-18-10-12-20-29(27)36(25-26-16-7-5-8-17-26)30-21-13-11-19-28(30)32/h5,7-8,10-13,16-21H,2-4,6,9,14-15,22-25,34H2,1H3,(H,35,37). The molecule has 1 aliphatic rings. The number of nitrogens with one attached hydrogen (secondary N) is 1. The number of nitrogens with two attached hydrogens (primary N) is 1. The Balaban J connectivity index is 1.64. The maximum Gasteiger partial charge on any atom is 0.233 e. The van der Waals surface area contributed by atoms with Gasteiger partial charge in [-0.25, -0.2) is 5.84 Å². The summed E-state index contributed by atoms with van der Waals surface area (Å²) in [5, 5.41) is 0. The van der Waals surface area contributed by atoms with Gasteiger partial charge in [-0.1, -0.05) is 99.3 Å². The van der Waals surface area contributed by atoms with E-state index in [0.29, 0.717) is 6.42 Å². The Kier molecular flexibility index (Phi) is 11.9. The highest BCUT2D eigenvalue weighted by molar-refractivity contribution is 8.22. The van der Waals surface area contributed by atoms with Crippen molar-refractivity contribution in [3.05, 3.63) is 99.8 Å². The van der Waals surface area contributed by atoms with Gasteiger partial charge in [-0.15, -0.1) is 23.5 Å². The number of hydrazine groups is 1. The fraction of sp³-hybridized carbons (Fsp3) is 0.364. The molecule has 0 saturated heterocycles. The molecular formula is C33H41N3OS2. The first-order valence-corrected chi connectivity index (χ1v) is 16.2. The Labute approximate surface area is 242 Å². The van der Waals surface area contributed by atoms with Gasteiger partial charge in [-0.3, -0.25) is 10.2 Å². The minimum absolute atomic E-state index is 0.0800. The van der Waals surface area contributed by atoms with E-state index in [0.717, 1.165) is 37.3 Å². The molecule has 0 spiro atoms. The molecule has 0 aliphatic carbocycles. The highest BCUT2D eigenvalue weighted by Crippen LogP contribution is 2.50. The predicted molar refractivity (Wildman–Crippen MR) is 171 cm³/mol. The topological polar surface area (TPSA) is 58.4 Å². The van der Waals surface area contributed by atoms with Crippen LogP contribution in [0.4, 0.5) is 11.4 Å². The number of carbonyl (C=O) groups is 1. The van der Waals surface area contributed by atoms with Gasteiger partial charge in [0.15, 0.2) is 0 Å². The molecule has 0 bridgehead atoms. The number of para-hydroxylation sites is 2. The number of carbonyl (C=O) groups excluding carboxylic acids is 1. The van der Waals surface area contributed by atoms with E-state index in [-0.39, 0.29) is 5.91 Å². The molecule has 0 unspecified atom stereocenters. The first kappa shape index (κ1) is 29.3. The number of benzene rings is 3. The van der Waals surface area contributed by atoms with Crippen molar-refractivity contribution in [2.24, 2.45) is 5.84 Å². The smallest absolute Gasteiger partial charge is 0.233 e. The van der Waals surface area contributed by atoms with Gasteiger partial charge in [0.05, 0.1) is 0 Å². The van der Waals surface area contributed by atoms with Crippen LogP contribution in [0.5, 0.6) is 0 Å². The van der Waals surface area contributed by atoms with Gasteiger partial charge >= 0.3 is 0 Å². The lowest BCUT2D eigenvalue weighted by atomic mass is 9.91. The Morgan fingerprint density at radius 3 is 1.90 bits per heavy atom. The van der Waals surface area contributed by atoms with E-state index in [1.165, 1.54) is 63.6 Å². The maximum atomic E-state index is 11.5. The van der Waals surface area contributed by atoms with E-state index in [1.807, 2.05) is 23.5 Å². The number of rotatable bonds is 15. The zero-order valence-corrected chi connectivity index (χ0v) is 24.7. The van der Waals surface area contributed by atoms with E-state index in [4.69, 9.17) is 5.84 Å². The molecule has 0 radical (unpaired) electrons. The molecule has 0 atom stereocenters. The lowest BCUT2D eigenvalue weighted by Crippen LogP contribution is -2.29. The first-order chi connectivity index (χ1) is 19.2. The highest BCUT2D eigenvalue weighted by atomic mass is 32.2. The summed E-state index contributed by atoms with van der Waals surface area (Å²) in [6.07, 6.45) is 8.58. The van der Waals surface area contributed by atoms with Gasteiger partial charge in [0, 0.05) is 45.3 Å². The molecule has 3 aromatic carbocycles. The Morgan fingerprint density at radius 2 is 1.31 bits per heavy atom. The number of thioether (sulfide) groups is 2. The largest absolute Gasteiger partial charge is 0.336 e. The molecule has 206 valence electrons. The summed E-state index contributed by atoms with van der Waals surface area (Å²) in [5.74, 6) is 7.33. The molecule has 39 heavy (non-hydrogen) atoms. The molecule has 4 nitrogen and oxygen atoms in total. The molecule has 0 aromatic heterocycles. The molecule has 0 fully saturated rings. The fourth-order valence-electron chi connectivity index (χ4n) is 4.95. The Hall–Kier alpha value is -2.67. The second-order valence-electron chi connectivity index (χ2n) is 9.90. The van der Waals surface area contributed by atoms with E-state index in [2.05, 4.69) is 96.1 Å². The summed E-state index contributed by atoms with van der Waals surface area (Å²) >= 11 is 4.01. The van der Waals surface area contributed by atoms with Gasteiger partial charge in [-0.05, 0) is 48.5 Å². The minimum atomic E-state index is -0.0800. The molecule has 3 aromatic rings. The van der Waals surface area contributed by atoms with Crippen molar-refractivity contribution in [1.29, 1.82) is 0 Å². The third-order valence-electron chi connectivity index (χ3n) is 6.99. The van der Waals surface area contributed by atoms with Crippen molar-refractivity contribution in [2.75, 3.05) is 16.4 Å². The zero-order valence-electron chi connectivity index (χ0n) is 23.0. The van der Waals surface area contributed by atoms with E-state index in [1.54, 1.807) is 0 Å². The average molecular weight is 560 g/mol. The van der Waals surface area contributed by atoms with Crippen LogP contribution < -0.4 is 16.2 Å². The molecule has 0 saturated carbocycles. The second kappa shape index (κ2) is 15.8. The molecule has 1 amide bonds. The summed E-state index contributed by atoms with van der Waals surface area (Å²) in [4.78, 5) is 13.9. The normalized spacial score (nSPS) is 12.2. The Bertz CT molecular complexity index is 1180. The van der Waals surface area contributed by atoms with Gasteiger partial charge in [0.1, 0.15) is 0 Å². The second-order valence-corrected chi connectivity index (χ2v) is 12.4. The van der Waals surface area contributed by atoms with Crippen molar-refractivity contribution in [1.82, 2.24) is 5.43 Å². The highest BCUT2D eigenvalue weighted by Gasteiger charge is 2.28. The van der Waals surface area contributed by atoms with Crippen molar-refractivity contribution in [3.8, 4) is 0 Å². The quantitative estimate of drug-likeness (QED) is 0.0844. The van der Waals surface area contributed by atoms with Crippen LogP contribution in [0.3, 0.4) is 0 Å². The van der Waals surface area contributed by atoms with Crippen molar-refractivity contribution < 1.29 is 4.79 Å². The van der Waals surface area contributed by atoms with Crippen LogP contribution in [0.1, 0.15) is 75.0 Å². The predicted octanol–water partition coefficient (Wildman–Crippen LogP) is 8.65. The van der Waals surface area contributed by atoms with Crippen LogP contribution in [0.2, 0.25) is 0 Å². The van der Waals surface area contributed by atoms with Crippen LogP contribution in [0.25, 0.3) is 5.57 Å².